The van der Waals surface area contributed by atoms with Gasteiger partial charge in [0, 0.05) is 18.1 Å². The maximum absolute atomic E-state index is 15.3. The Bertz CT molecular complexity index is 901. The van der Waals surface area contributed by atoms with Crippen molar-refractivity contribution in [2.75, 3.05) is 26.7 Å². The van der Waals surface area contributed by atoms with E-state index in [2.05, 4.69) is 9.88 Å². The van der Waals surface area contributed by atoms with Crippen LogP contribution in [-0.4, -0.2) is 47.7 Å². The number of fused-ring (bicyclic) bond motifs is 1. The van der Waals surface area contributed by atoms with Gasteiger partial charge in [-0.3, -0.25) is 9.78 Å². The number of halogens is 1. The molecule has 0 spiro atoms. The van der Waals surface area contributed by atoms with Gasteiger partial charge in [0.15, 0.2) is 0 Å². The van der Waals surface area contributed by atoms with Crippen molar-refractivity contribution in [2.24, 2.45) is 17.8 Å². The van der Waals surface area contributed by atoms with Gasteiger partial charge in [-0.2, -0.15) is 0 Å². The molecule has 168 valence electrons. The highest BCUT2D eigenvalue weighted by Crippen LogP contribution is 2.36. The Morgan fingerprint density at radius 1 is 1.29 bits per heavy atom. The first-order chi connectivity index (χ1) is 15.0. The topological polar surface area (TPSA) is 62.7 Å². The van der Waals surface area contributed by atoms with Crippen LogP contribution in [0.1, 0.15) is 56.7 Å². The van der Waals surface area contributed by atoms with Gasteiger partial charge < -0.3 is 14.7 Å². The molecule has 1 unspecified atom stereocenters. The summed E-state index contributed by atoms with van der Waals surface area (Å²) >= 11 is 0. The molecular weight excluding hydrogens is 395 g/mol. The number of carboxylic acids is 1. The number of hydrogen-bond acceptors (Lipinski definition) is 4. The van der Waals surface area contributed by atoms with Gasteiger partial charge in [-0.05, 0) is 80.4 Å². The minimum absolute atomic E-state index is 0.0262. The average Bonchev–Trinajstić information content (AvgIpc) is 2.75. The van der Waals surface area contributed by atoms with Gasteiger partial charge in [0.05, 0.1) is 18.5 Å². The molecule has 0 amide bonds. The molecule has 5 nitrogen and oxygen atoms in total. The molecule has 1 saturated heterocycles. The van der Waals surface area contributed by atoms with Crippen LogP contribution in [0.15, 0.2) is 30.5 Å². The van der Waals surface area contributed by atoms with Crippen LogP contribution in [0.5, 0.6) is 5.75 Å². The molecule has 1 aromatic heterocycles. The molecule has 3 atom stereocenters. The lowest BCUT2D eigenvalue weighted by atomic mass is 9.80. The maximum Gasteiger partial charge on any atom is 0.308 e. The molecule has 31 heavy (non-hydrogen) atoms. The van der Waals surface area contributed by atoms with Crippen molar-refractivity contribution < 1.29 is 19.0 Å². The largest absolute Gasteiger partial charge is 0.497 e. The zero-order valence-corrected chi connectivity index (χ0v) is 18.3. The van der Waals surface area contributed by atoms with Gasteiger partial charge in [0.2, 0.25) is 0 Å². The molecule has 2 heterocycles. The van der Waals surface area contributed by atoms with Gasteiger partial charge in [-0.15, -0.1) is 0 Å². The lowest BCUT2D eigenvalue weighted by molar-refractivity contribution is -0.146. The normalized spacial score (nSPS) is 23.4. The minimum Gasteiger partial charge on any atom is -0.497 e. The fourth-order valence-corrected chi connectivity index (χ4v) is 5.11. The molecule has 1 aromatic carbocycles. The third-order valence-corrected chi connectivity index (χ3v) is 7.35. The third kappa shape index (κ3) is 5.17. The molecule has 1 N–H and O–H groups in total. The highest BCUT2D eigenvalue weighted by atomic mass is 19.1. The Labute approximate surface area is 183 Å². The lowest BCUT2D eigenvalue weighted by Gasteiger charge is -2.38. The maximum atomic E-state index is 15.3. The van der Waals surface area contributed by atoms with Gasteiger partial charge in [-0.1, -0.05) is 19.3 Å². The summed E-state index contributed by atoms with van der Waals surface area (Å²) < 4.78 is 20.6. The zero-order chi connectivity index (χ0) is 21.8. The van der Waals surface area contributed by atoms with Crippen LogP contribution in [0.25, 0.3) is 10.9 Å². The first kappa shape index (κ1) is 22.0. The predicted molar refractivity (Wildman–Crippen MR) is 119 cm³/mol. The predicted octanol–water partition coefficient (Wildman–Crippen LogP) is 5.25. The number of methoxy groups -OCH3 is 1. The van der Waals surface area contributed by atoms with Crippen molar-refractivity contribution in [3.05, 3.63) is 36.0 Å². The molecule has 2 aliphatic rings. The number of carboxylic acid groups (broad SMARTS) is 1. The minimum atomic E-state index is -1.15. The van der Waals surface area contributed by atoms with Crippen molar-refractivity contribution in [3.63, 3.8) is 0 Å². The Hall–Kier alpha value is -2.21. The first-order valence-electron chi connectivity index (χ1n) is 11.6. The summed E-state index contributed by atoms with van der Waals surface area (Å²) in [7, 11) is 1.59. The van der Waals surface area contributed by atoms with Crippen molar-refractivity contribution in [2.45, 2.75) is 51.1 Å². The van der Waals surface area contributed by atoms with Gasteiger partial charge in [0.25, 0.3) is 0 Å². The van der Waals surface area contributed by atoms with Crippen LogP contribution < -0.4 is 4.74 Å². The van der Waals surface area contributed by atoms with Crippen LogP contribution >= 0.6 is 0 Å². The Kier molecular flexibility index (Phi) is 7.06. The van der Waals surface area contributed by atoms with E-state index in [4.69, 9.17) is 4.74 Å². The monoisotopic (exact) mass is 428 g/mol. The van der Waals surface area contributed by atoms with Crippen LogP contribution in [0.4, 0.5) is 4.39 Å². The zero-order valence-electron chi connectivity index (χ0n) is 18.3. The van der Waals surface area contributed by atoms with E-state index in [1.807, 2.05) is 18.2 Å². The number of piperidine rings is 1. The number of aromatic nitrogens is 1. The molecule has 1 aliphatic carbocycles. The molecule has 2 fully saturated rings. The van der Waals surface area contributed by atoms with E-state index in [1.165, 1.54) is 25.7 Å². The second-order valence-electron chi connectivity index (χ2n) is 9.21. The molecule has 0 bridgehead atoms. The Morgan fingerprint density at radius 2 is 2.13 bits per heavy atom. The highest BCUT2D eigenvalue weighted by molar-refractivity contribution is 5.83. The van der Waals surface area contributed by atoms with E-state index in [1.54, 1.807) is 19.4 Å². The van der Waals surface area contributed by atoms with Crippen molar-refractivity contribution in [3.8, 4) is 5.75 Å². The first-order valence-corrected chi connectivity index (χ1v) is 11.6. The third-order valence-electron chi connectivity index (χ3n) is 7.35. The standard InChI is InChI=1S/C25H33FN2O3/c1-31-19-6-8-24-21(15-19)20(9-12-27-24)23(26)7-5-18-11-14-28(16-22(18)25(29)30)13-10-17-3-2-4-17/h6,8-9,12,15,17-18,22-23H,2-5,7,10-11,13-14,16H2,1H3,(H,29,30)/t18-,22+,23?/m1/s1. The molecule has 0 radical (unpaired) electrons. The van der Waals surface area contributed by atoms with E-state index in [0.717, 1.165) is 36.3 Å². The number of aliphatic carboxylic acids is 1. The van der Waals surface area contributed by atoms with E-state index in [9.17, 15) is 9.90 Å². The summed E-state index contributed by atoms with van der Waals surface area (Å²) in [5.41, 5.74) is 1.35. The van der Waals surface area contributed by atoms with Crippen molar-refractivity contribution in [1.29, 1.82) is 0 Å². The Balaban J connectivity index is 1.37. The number of benzene rings is 1. The molecule has 1 aliphatic heterocycles. The Morgan fingerprint density at radius 3 is 2.84 bits per heavy atom. The summed E-state index contributed by atoms with van der Waals surface area (Å²) in [5, 5.41) is 10.6. The van der Waals surface area contributed by atoms with Crippen molar-refractivity contribution >= 4 is 16.9 Å². The van der Waals surface area contributed by atoms with E-state index < -0.39 is 18.1 Å². The number of nitrogens with zero attached hydrogens (tertiary/aromatic N) is 2. The fraction of sp³-hybridized carbons (Fsp3) is 0.600. The van der Waals surface area contributed by atoms with Gasteiger partial charge >= 0.3 is 5.97 Å². The van der Waals surface area contributed by atoms with Gasteiger partial charge in [0.1, 0.15) is 11.9 Å². The van der Waals surface area contributed by atoms with Crippen LogP contribution in [0.3, 0.4) is 0 Å². The average molecular weight is 429 g/mol. The van der Waals surface area contributed by atoms with Gasteiger partial charge in [-0.25, -0.2) is 4.39 Å². The van der Waals surface area contributed by atoms with Crippen LogP contribution in [0.2, 0.25) is 0 Å². The van der Waals surface area contributed by atoms with Crippen LogP contribution in [-0.2, 0) is 4.79 Å². The number of alkyl halides is 1. The van der Waals surface area contributed by atoms with Crippen molar-refractivity contribution in [1.82, 2.24) is 9.88 Å². The summed E-state index contributed by atoms with van der Waals surface area (Å²) in [4.78, 5) is 18.6. The lowest BCUT2D eigenvalue weighted by Crippen LogP contribution is -2.44. The molecule has 2 aromatic rings. The molecule has 4 rings (SSSR count). The van der Waals surface area contributed by atoms with E-state index in [-0.39, 0.29) is 5.92 Å². The molecule has 1 saturated carbocycles. The fourth-order valence-electron chi connectivity index (χ4n) is 5.11. The van der Waals surface area contributed by atoms with E-state index >= 15 is 4.39 Å². The second-order valence-corrected chi connectivity index (χ2v) is 9.21. The smallest absolute Gasteiger partial charge is 0.308 e. The number of pyridine rings is 1. The van der Waals surface area contributed by atoms with E-state index in [0.29, 0.717) is 30.7 Å². The number of likely N-dealkylation sites (tertiary alicyclic amines) is 1. The molecular formula is C25H33FN2O3. The summed E-state index contributed by atoms with van der Waals surface area (Å²) in [6, 6.07) is 7.21. The molecule has 6 heteroatoms. The second kappa shape index (κ2) is 9.94. The quantitative estimate of drug-likeness (QED) is 0.591. The number of ether oxygens (including phenoxy) is 1. The summed E-state index contributed by atoms with van der Waals surface area (Å²) in [5.74, 6) is 0.388. The summed E-state index contributed by atoms with van der Waals surface area (Å²) in [6.07, 6.45) is 7.41. The highest BCUT2D eigenvalue weighted by Gasteiger charge is 2.35. The number of carbonyl (C=O) groups is 1. The number of rotatable bonds is 9. The summed E-state index contributed by atoms with van der Waals surface area (Å²) in [6.45, 7) is 2.52. The SMILES string of the molecule is COc1ccc2nccc(C(F)CC[C@@H]3CCN(CCC4CCC4)C[C@@H]3C(=O)O)c2c1. The number of hydrogen-bond donors (Lipinski definition) is 1. The van der Waals surface area contributed by atoms with Crippen LogP contribution in [0, 0.1) is 17.8 Å².